The van der Waals surface area contributed by atoms with Crippen molar-refractivity contribution in [1.82, 2.24) is 14.9 Å². The third kappa shape index (κ3) is 3.54. The Balaban J connectivity index is 1.41. The molecule has 0 saturated carbocycles. The quantitative estimate of drug-likeness (QED) is 0.726. The van der Waals surface area contributed by atoms with E-state index in [-0.39, 0.29) is 18.2 Å². The molecule has 1 N–H and O–H groups in total. The van der Waals surface area contributed by atoms with Crippen LogP contribution in [0.5, 0.6) is 0 Å². The lowest BCUT2D eigenvalue weighted by molar-refractivity contribution is -0.136. The zero-order chi connectivity index (χ0) is 17.9. The van der Waals surface area contributed by atoms with Gasteiger partial charge in [0.1, 0.15) is 6.04 Å². The molecule has 134 valence electrons. The fraction of sp³-hybridized carbons (Fsp3) is 0.294. The van der Waals surface area contributed by atoms with Gasteiger partial charge in [-0.1, -0.05) is 0 Å². The maximum Gasteiger partial charge on any atom is 0.248 e. The van der Waals surface area contributed by atoms with Crippen molar-refractivity contribution in [1.29, 1.82) is 0 Å². The van der Waals surface area contributed by atoms with E-state index in [0.717, 1.165) is 11.4 Å². The van der Waals surface area contributed by atoms with E-state index in [0.29, 0.717) is 29.6 Å². The Kier molecular flexibility index (Phi) is 4.81. The molecule has 1 unspecified atom stereocenters. The lowest BCUT2D eigenvalue weighted by Gasteiger charge is -2.23. The Labute approximate surface area is 157 Å². The smallest absolute Gasteiger partial charge is 0.248 e. The number of thiazole rings is 2. The summed E-state index contributed by atoms with van der Waals surface area (Å²) in [5.41, 5.74) is 0.692. The monoisotopic (exact) mass is 388 g/mol. The van der Waals surface area contributed by atoms with E-state index in [1.807, 2.05) is 11.4 Å². The zero-order valence-electron chi connectivity index (χ0n) is 13.8. The standard InChI is InChI=1S/C17H16N4O3S2/c22-14(9-11-10-26-16(19-11)13-4-2-7-24-13)21-6-1-3-12(21)15(23)20-17-18-5-8-25-17/h2,4-5,7-8,10,12H,1,3,6,9H2,(H,18,20,23). The van der Waals surface area contributed by atoms with E-state index in [4.69, 9.17) is 4.42 Å². The van der Waals surface area contributed by atoms with Gasteiger partial charge in [0.05, 0.1) is 18.4 Å². The third-order valence-electron chi connectivity index (χ3n) is 4.15. The van der Waals surface area contributed by atoms with E-state index < -0.39 is 6.04 Å². The van der Waals surface area contributed by atoms with Crippen LogP contribution in [-0.2, 0) is 16.0 Å². The van der Waals surface area contributed by atoms with Crippen LogP contribution in [0.15, 0.2) is 39.8 Å². The van der Waals surface area contributed by atoms with Gasteiger partial charge in [0.25, 0.3) is 0 Å². The van der Waals surface area contributed by atoms with Gasteiger partial charge < -0.3 is 14.6 Å². The van der Waals surface area contributed by atoms with Crippen LogP contribution in [0.4, 0.5) is 5.13 Å². The fourth-order valence-electron chi connectivity index (χ4n) is 2.97. The molecule has 1 aliphatic rings. The normalized spacial score (nSPS) is 16.8. The predicted octanol–water partition coefficient (Wildman–Crippen LogP) is 3.03. The number of rotatable bonds is 5. The number of anilines is 1. The molecule has 2 amide bonds. The molecule has 4 heterocycles. The second-order valence-corrected chi connectivity index (χ2v) is 7.62. The van der Waals surface area contributed by atoms with Crippen molar-refractivity contribution in [3.8, 4) is 10.8 Å². The minimum atomic E-state index is -0.449. The Morgan fingerprint density at radius 1 is 1.38 bits per heavy atom. The zero-order valence-corrected chi connectivity index (χ0v) is 15.4. The lowest BCUT2D eigenvalue weighted by Crippen LogP contribution is -2.43. The van der Waals surface area contributed by atoms with Crippen molar-refractivity contribution in [2.24, 2.45) is 0 Å². The van der Waals surface area contributed by atoms with E-state index >= 15 is 0 Å². The van der Waals surface area contributed by atoms with Crippen LogP contribution in [0.1, 0.15) is 18.5 Å². The molecule has 0 radical (unpaired) electrons. The van der Waals surface area contributed by atoms with Crippen molar-refractivity contribution in [2.45, 2.75) is 25.3 Å². The molecule has 0 bridgehead atoms. The van der Waals surface area contributed by atoms with Gasteiger partial charge in [-0.05, 0) is 25.0 Å². The molecular formula is C17H16N4O3S2. The number of nitrogens with zero attached hydrogens (tertiary/aromatic N) is 3. The van der Waals surface area contributed by atoms with Crippen LogP contribution in [0.25, 0.3) is 10.8 Å². The molecule has 26 heavy (non-hydrogen) atoms. The number of hydrogen-bond acceptors (Lipinski definition) is 7. The number of likely N-dealkylation sites (tertiary alicyclic amines) is 1. The average molecular weight is 388 g/mol. The van der Waals surface area contributed by atoms with Crippen molar-refractivity contribution in [2.75, 3.05) is 11.9 Å². The maximum absolute atomic E-state index is 12.7. The molecule has 7 nitrogen and oxygen atoms in total. The van der Waals surface area contributed by atoms with Crippen molar-refractivity contribution >= 4 is 39.6 Å². The second-order valence-electron chi connectivity index (χ2n) is 5.87. The van der Waals surface area contributed by atoms with E-state index in [1.54, 1.807) is 28.8 Å². The van der Waals surface area contributed by atoms with Gasteiger partial charge in [-0.15, -0.1) is 22.7 Å². The molecule has 1 atom stereocenters. The summed E-state index contributed by atoms with van der Waals surface area (Å²) >= 11 is 2.80. The number of nitrogens with one attached hydrogen (secondary N) is 1. The van der Waals surface area contributed by atoms with Gasteiger partial charge in [0.2, 0.25) is 11.8 Å². The first kappa shape index (κ1) is 16.9. The predicted molar refractivity (Wildman–Crippen MR) is 99.0 cm³/mol. The van der Waals surface area contributed by atoms with Crippen molar-refractivity contribution in [3.63, 3.8) is 0 Å². The first-order chi connectivity index (χ1) is 12.7. The van der Waals surface area contributed by atoms with Crippen LogP contribution in [0.2, 0.25) is 0 Å². The Hall–Kier alpha value is -2.52. The molecule has 0 aromatic carbocycles. The Morgan fingerprint density at radius 2 is 2.31 bits per heavy atom. The SMILES string of the molecule is O=C(Nc1nccs1)C1CCCN1C(=O)Cc1csc(-c2ccco2)n1. The summed E-state index contributed by atoms with van der Waals surface area (Å²) in [6.07, 6.45) is 4.89. The number of carbonyl (C=O) groups is 2. The van der Waals surface area contributed by atoms with Crippen LogP contribution < -0.4 is 5.32 Å². The second kappa shape index (κ2) is 7.38. The highest BCUT2D eigenvalue weighted by Gasteiger charge is 2.34. The van der Waals surface area contributed by atoms with Crippen molar-refractivity contribution < 1.29 is 14.0 Å². The topological polar surface area (TPSA) is 88.3 Å². The van der Waals surface area contributed by atoms with Gasteiger partial charge in [0, 0.05) is 23.5 Å². The first-order valence-electron chi connectivity index (χ1n) is 8.19. The number of aromatic nitrogens is 2. The maximum atomic E-state index is 12.7. The lowest BCUT2D eigenvalue weighted by atomic mass is 10.2. The molecular weight excluding hydrogens is 372 g/mol. The van der Waals surface area contributed by atoms with Crippen molar-refractivity contribution in [3.05, 3.63) is 41.0 Å². The van der Waals surface area contributed by atoms with Gasteiger partial charge in [-0.2, -0.15) is 0 Å². The number of amides is 2. The first-order valence-corrected chi connectivity index (χ1v) is 9.95. The summed E-state index contributed by atoms with van der Waals surface area (Å²) in [6.45, 7) is 0.587. The van der Waals surface area contributed by atoms with Gasteiger partial charge in [-0.25, -0.2) is 9.97 Å². The summed E-state index contributed by atoms with van der Waals surface area (Å²) in [5.74, 6) is 0.425. The minimum absolute atomic E-state index is 0.0851. The molecule has 1 aliphatic heterocycles. The highest BCUT2D eigenvalue weighted by Crippen LogP contribution is 2.25. The number of hydrogen-bond donors (Lipinski definition) is 1. The molecule has 3 aromatic rings. The van der Waals surface area contributed by atoms with Crippen LogP contribution in [0.3, 0.4) is 0 Å². The number of carbonyl (C=O) groups excluding carboxylic acids is 2. The van der Waals surface area contributed by atoms with Crippen LogP contribution in [-0.4, -0.2) is 39.3 Å². The highest BCUT2D eigenvalue weighted by molar-refractivity contribution is 7.13. The summed E-state index contributed by atoms with van der Waals surface area (Å²) < 4.78 is 5.33. The molecule has 0 aliphatic carbocycles. The van der Waals surface area contributed by atoms with Gasteiger partial charge >= 0.3 is 0 Å². The number of furan rings is 1. The third-order valence-corrected chi connectivity index (χ3v) is 5.75. The summed E-state index contributed by atoms with van der Waals surface area (Å²) in [5, 5.41) is 7.74. The summed E-state index contributed by atoms with van der Waals surface area (Å²) in [4.78, 5) is 35.3. The molecule has 1 fully saturated rings. The van der Waals surface area contributed by atoms with E-state index in [1.165, 1.54) is 22.7 Å². The van der Waals surface area contributed by atoms with E-state index in [9.17, 15) is 9.59 Å². The van der Waals surface area contributed by atoms with E-state index in [2.05, 4.69) is 15.3 Å². The largest absolute Gasteiger partial charge is 0.462 e. The minimum Gasteiger partial charge on any atom is -0.462 e. The molecule has 0 spiro atoms. The highest BCUT2D eigenvalue weighted by atomic mass is 32.1. The Morgan fingerprint density at radius 3 is 3.08 bits per heavy atom. The van der Waals surface area contributed by atoms with Gasteiger partial charge in [0.15, 0.2) is 15.9 Å². The van der Waals surface area contributed by atoms with Crippen LogP contribution >= 0.6 is 22.7 Å². The van der Waals surface area contributed by atoms with Crippen LogP contribution in [0, 0.1) is 0 Å². The summed E-state index contributed by atoms with van der Waals surface area (Å²) in [6, 6.07) is 3.19. The summed E-state index contributed by atoms with van der Waals surface area (Å²) in [7, 11) is 0. The fourth-order valence-corrected chi connectivity index (χ4v) is 4.29. The molecule has 1 saturated heterocycles. The van der Waals surface area contributed by atoms with Gasteiger partial charge in [-0.3, -0.25) is 9.59 Å². The Bertz CT molecular complexity index is 889. The molecule has 3 aromatic heterocycles. The molecule has 9 heteroatoms. The average Bonchev–Trinajstić information content (AvgIpc) is 3.39. The molecule has 4 rings (SSSR count).